The second-order valence-electron chi connectivity index (χ2n) is 4.17. The Morgan fingerprint density at radius 1 is 1.37 bits per heavy atom. The summed E-state index contributed by atoms with van der Waals surface area (Å²) in [6.07, 6.45) is 0. The third-order valence-electron chi connectivity index (χ3n) is 2.90. The molecule has 19 heavy (non-hydrogen) atoms. The molecule has 0 amide bonds. The van der Waals surface area contributed by atoms with Crippen LogP contribution in [0.3, 0.4) is 0 Å². The lowest BCUT2D eigenvalue weighted by Crippen LogP contribution is -2.12. The maximum absolute atomic E-state index is 11.3. The lowest BCUT2D eigenvalue weighted by molar-refractivity contribution is 0.0562. The Balaban J connectivity index is 2.33. The lowest BCUT2D eigenvalue weighted by Gasteiger charge is -2.12. The molecule has 0 saturated carbocycles. The minimum atomic E-state index is -0.527. The van der Waals surface area contributed by atoms with Gasteiger partial charge in [-0.25, -0.2) is 4.79 Å². The number of esters is 1. The van der Waals surface area contributed by atoms with Crippen molar-refractivity contribution >= 4 is 17.6 Å². The van der Waals surface area contributed by atoms with Gasteiger partial charge >= 0.3 is 5.97 Å². The number of nitrogens with two attached hydrogens (primary N) is 1. The van der Waals surface area contributed by atoms with Gasteiger partial charge in [0.15, 0.2) is 0 Å². The van der Waals surface area contributed by atoms with Gasteiger partial charge in [0.2, 0.25) is 5.76 Å². The van der Waals surface area contributed by atoms with Crippen LogP contribution < -0.4 is 5.73 Å². The Morgan fingerprint density at radius 2 is 2.11 bits per heavy atom. The first-order chi connectivity index (χ1) is 9.02. The van der Waals surface area contributed by atoms with Gasteiger partial charge in [-0.2, -0.15) is 0 Å². The molecule has 1 atom stereocenters. The molecule has 0 aliphatic heterocycles. The van der Waals surface area contributed by atoms with Crippen molar-refractivity contribution in [1.29, 1.82) is 0 Å². The summed E-state index contributed by atoms with van der Waals surface area (Å²) in [5, 5.41) is 0.607. The van der Waals surface area contributed by atoms with E-state index in [9.17, 15) is 4.79 Å². The highest BCUT2D eigenvalue weighted by atomic mass is 35.5. The summed E-state index contributed by atoms with van der Waals surface area (Å²) in [4.78, 5) is 11.3. The summed E-state index contributed by atoms with van der Waals surface area (Å²) in [5.74, 6) is 0.0969. The molecule has 0 fully saturated rings. The van der Waals surface area contributed by atoms with Crippen LogP contribution in [-0.2, 0) is 4.74 Å². The number of hydrogen-bond donors (Lipinski definition) is 1. The predicted octanol–water partition coefficient (Wildman–Crippen LogP) is 3.08. The molecule has 1 heterocycles. The highest BCUT2D eigenvalue weighted by Gasteiger charge is 2.18. The Kier molecular flexibility index (Phi) is 3.93. The SMILES string of the molecule is COC(=O)c1ccc(C(N)c2cc(Cl)ccc2C)o1. The van der Waals surface area contributed by atoms with Crippen molar-refractivity contribution < 1.29 is 13.9 Å². The van der Waals surface area contributed by atoms with E-state index in [1.165, 1.54) is 7.11 Å². The Morgan fingerprint density at radius 3 is 2.79 bits per heavy atom. The van der Waals surface area contributed by atoms with Crippen LogP contribution in [0.5, 0.6) is 0 Å². The Hall–Kier alpha value is -1.78. The Bertz CT molecular complexity index is 606. The lowest BCUT2D eigenvalue weighted by atomic mass is 10.0. The molecule has 0 aliphatic carbocycles. The molecular formula is C14H14ClNO3. The van der Waals surface area contributed by atoms with E-state index < -0.39 is 12.0 Å². The first-order valence-electron chi connectivity index (χ1n) is 5.72. The van der Waals surface area contributed by atoms with Gasteiger partial charge in [-0.15, -0.1) is 0 Å². The third-order valence-corrected chi connectivity index (χ3v) is 3.13. The minimum absolute atomic E-state index is 0.132. The van der Waals surface area contributed by atoms with Crippen LogP contribution in [-0.4, -0.2) is 13.1 Å². The number of furan rings is 1. The zero-order valence-corrected chi connectivity index (χ0v) is 11.4. The molecule has 0 saturated heterocycles. The van der Waals surface area contributed by atoms with Crippen LogP contribution in [0.15, 0.2) is 34.7 Å². The summed E-state index contributed by atoms with van der Waals surface area (Å²) in [6, 6.07) is 8.22. The van der Waals surface area contributed by atoms with Crippen molar-refractivity contribution in [3.63, 3.8) is 0 Å². The highest BCUT2D eigenvalue weighted by Crippen LogP contribution is 2.26. The molecule has 1 aromatic heterocycles. The van der Waals surface area contributed by atoms with Crippen LogP contribution in [0.25, 0.3) is 0 Å². The van der Waals surface area contributed by atoms with Crippen molar-refractivity contribution in [2.75, 3.05) is 7.11 Å². The zero-order valence-electron chi connectivity index (χ0n) is 10.6. The second-order valence-corrected chi connectivity index (χ2v) is 4.61. The van der Waals surface area contributed by atoms with Gasteiger partial charge < -0.3 is 14.9 Å². The fourth-order valence-electron chi connectivity index (χ4n) is 1.83. The average molecular weight is 280 g/mol. The number of halogens is 1. The van der Waals surface area contributed by atoms with Crippen molar-refractivity contribution in [3.8, 4) is 0 Å². The summed E-state index contributed by atoms with van der Waals surface area (Å²) in [5.41, 5.74) is 8.00. The largest absolute Gasteiger partial charge is 0.463 e. The number of carbonyl (C=O) groups is 1. The molecule has 0 bridgehead atoms. The highest BCUT2D eigenvalue weighted by molar-refractivity contribution is 6.30. The summed E-state index contributed by atoms with van der Waals surface area (Å²) in [6.45, 7) is 1.94. The predicted molar refractivity (Wildman–Crippen MR) is 72.3 cm³/mol. The molecule has 0 spiro atoms. The van der Waals surface area contributed by atoms with Crippen LogP contribution in [0.4, 0.5) is 0 Å². The van der Waals surface area contributed by atoms with Gasteiger partial charge in [-0.05, 0) is 42.3 Å². The monoisotopic (exact) mass is 279 g/mol. The summed E-state index contributed by atoms with van der Waals surface area (Å²) >= 11 is 5.97. The van der Waals surface area contributed by atoms with Crippen molar-refractivity contribution in [3.05, 3.63) is 58.0 Å². The molecular weight excluding hydrogens is 266 g/mol. The van der Waals surface area contributed by atoms with Gasteiger partial charge in [0.05, 0.1) is 13.2 Å². The van der Waals surface area contributed by atoms with Gasteiger partial charge in [0.1, 0.15) is 5.76 Å². The van der Waals surface area contributed by atoms with E-state index in [4.69, 9.17) is 21.8 Å². The number of methoxy groups -OCH3 is 1. The molecule has 1 unspecified atom stereocenters. The smallest absolute Gasteiger partial charge is 0.373 e. The molecule has 1 aromatic carbocycles. The van der Waals surface area contributed by atoms with Gasteiger partial charge in [-0.1, -0.05) is 17.7 Å². The Labute approximate surface area is 116 Å². The fourth-order valence-corrected chi connectivity index (χ4v) is 2.01. The molecule has 4 nitrogen and oxygen atoms in total. The third kappa shape index (κ3) is 2.80. The van der Waals surface area contributed by atoms with E-state index in [0.29, 0.717) is 10.8 Å². The van der Waals surface area contributed by atoms with E-state index in [2.05, 4.69) is 4.74 Å². The van der Waals surface area contributed by atoms with Crippen molar-refractivity contribution in [2.45, 2.75) is 13.0 Å². The van der Waals surface area contributed by atoms with Crippen LogP contribution >= 0.6 is 11.6 Å². The molecule has 0 aliphatic rings. The van der Waals surface area contributed by atoms with E-state index in [1.807, 2.05) is 13.0 Å². The molecule has 2 aromatic rings. The molecule has 2 N–H and O–H groups in total. The van der Waals surface area contributed by atoms with Crippen LogP contribution in [0.1, 0.15) is 33.5 Å². The summed E-state index contributed by atoms with van der Waals surface area (Å²) < 4.78 is 9.99. The number of rotatable bonds is 3. The normalized spacial score (nSPS) is 12.2. The molecule has 100 valence electrons. The fraction of sp³-hybridized carbons (Fsp3) is 0.214. The van der Waals surface area contributed by atoms with Crippen LogP contribution in [0, 0.1) is 6.92 Å². The standard InChI is InChI=1S/C14H14ClNO3/c1-8-3-4-9(15)7-10(8)13(16)11-5-6-12(19-11)14(17)18-2/h3-7,13H,16H2,1-2H3. The zero-order chi connectivity index (χ0) is 14.0. The van der Waals surface area contributed by atoms with Gasteiger partial charge in [0, 0.05) is 5.02 Å². The van der Waals surface area contributed by atoms with E-state index >= 15 is 0 Å². The second kappa shape index (κ2) is 5.47. The first kappa shape index (κ1) is 13.6. The van der Waals surface area contributed by atoms with Gasteiger partial charge in [0.25, 0.3) is 0 Å². The number of carbonyl (C=O) groups excluding carboxylic acids is 1. The van der Waals surface area contributed by atoms with Crippen molar-refractivity contribution in [2.24, 2.45) is 5.73 Å². The molecule has 2 rings (SSSR count). The number of benzene rings is 1. The first-order valence-corrected chi connectivity index (χ1v) is 6.10. The number of aryl methyl sites for hydroxylation is 1. The van der Waals surface area contributed by atoms with Crippen molar-refractivity contribution in [1.82, 2.24) is 0 Å². The quantitative estimate of drug-likeness (QED) is 0.877. The summed E-state index contributed by atoms with van der Waals surface area (Å²) in [7, 11) is 1.30. The van der Waals surface area contributed by atoms with E-state index in [0.717, 1.165) is 11.1 Å². The number of ether oxygens (including phenoxy) is 1. The maximum Gasteiger partial charge on any atom is 0.373 e. The van der Waals surface area contributed by atoms with Gasteiger partial charge in [-0.3, -0.25) is 0 Å². The number of hydrogen-bond acceptors (Lipinski definition) is 4. The van der Waals surface area contributed by atoms with Crippen LogP contribution in [0.2, 0.25) is 5.02 Å². The molecule has 5 heteroatoms. The van der Waals surface area contributed by atoms with E-state index in [1.54, 1.807) is 24.3 Å². The minimum Gasteiger partial charge on any atom is -0.463 e. The average Bonchev–Trinajstić information content (AvgIpc) is 2.89. The van der Waals surface area contributed by atoms with E-state index in [-0.39, 0.29) is 5.76 Å². The topological polar surface area (TPSA) is 65.5 Å². The molecule has 0 radical (unpaired) electrons. The maximum atomic E-state index is 11.3.